The summed E-state index contributed by atoms with van der Waals surface area (Å²) in [6, 6.07) is 5.19. The van der Waals surface area contributed by atoms with Crippen LogP contribution in [0.5, 0.6) is 0 Å². The zero-order valence-corrected chi connectivity index (χ0v) is 13.1. The van der Waals surface area contributed by atoms with Crippen LogP contribution in [0.4, 0.5) is 0 Å². The minimum Gasteiger partial charge on any atom is -0.379 e. The molecule has 0 saturated carbocycles. The van der Waals surface area contributed by atoms with Gasteiger partial charge in [-0.3, -0.25) is 14.2 Å². The second-order valence-corrected chi connectivity index (χ2v) is 5.37. The van der Waals surface area contributed by atoms with Crippen LogP contribution in [0.3, 0.4) is 0 Å². The second kappa shape index (κ2) is 7.17. The summed E-state index contributed by atoms with van der Waals surface area (Å²) in [5.74, 6) is -0.365. The van der Waals surface area contributed by atoms with Crippen molar-refractivity contribution in [2.24, 2.45) is 7.05 Å². The van der Waals surface area contributed by atoms with Crippen molar-refractivity contribution in [3.8, 4) is 0 Å². The molecule has 2 rings (SSSR count). The number of fused-ring (bicyclic) bond motifs is 1. The van der Waals surface area contributed by atoms with E-state index < -0.39 is 0 Å². The van der Waals surface area contributed by atoms with Gasteiger partial charge in [0.25, 0.3) is 11.5 Å². The Labute approximate surface area is 129 Å². The summed E-state index contributed by atoms with van der Waals surface area (Å²) < 4.78 is 6.80. The highest BCUT2D eigenvalue weighted by atomic mass is 16.5. The van der Waals surface area contributed by atoms with Gasteiger partial charge in [0.1, 0.15) is 11.2 Å². The van der Waals surface area contributed by atoms with E-state index in [0.717, 1.165) is 5.39 Å². The van der Waals surface area contributed by atoms with Gasteiger partial charge in [-0.1, -0.05) is 0 Å². The zero-order chi connectivity index (χ0) is 16.1. The van der Waals surface area contributed by atoms with E-state index in [1.54, 1.807) is 25.4 Å². The van der Waals surface area contributed by atoms with E-state index in [4.69, 9.17) is 4.74 Å². The first-order valence-electron chi connectivity index (χ1n) is 7.35. The standard InChI is InChI=1S/C16H21N3O3/c1-11(2)22-9-5-8-18-15(20)13-10-12-6-4-7-17-14(12)19(3)16(13)21/h4,6-7,10-11H,5,8-9H2,1-3H3,(H,18,20). The molecule has 1 amide bonds. The van der Waals surface area contributed by atoms with Crippen LogP contribution >= 0.6 is 0 Å². The molecule has 0 radical (unpaired) electrons. The largest absolute Gasteiger partial charge is 0.379 e. The average Bonchev–Trinajstić information content (AvgIpc) is 2.50. The van der Waals surface area contributed by atoms with Crippen molar-refractivity contribution in [3.63, 3.8) is 0 Å². The molecule has 0 unspecified atom stereocenters. The molecule has 0 bridgehead atoms. The van der Waals surface area contributed by atoms with E-state index in [-0.39, 0.29) is 23.1 Å². The molecule has 6 nitrogen and oxygen atoms in total. The fourth-order valence-electron chi connectivity index (χ4n) is 2.15. The van der Waals surface area contributed by atoms with E-state index in [1.165, 1.54) is 4.57 Å². The van der Waals surface area contributed by atoms with Gasteiger partial charge in [0.2, 0.25) is 0 Å². The van der Waals surface area contributed by atoms with E-state index in [0.29, 0.717) is 25.2 Å². The Morgan fingerprint density at radius 2 is 2.23 bits per heavy atom. The number of pyridine rings is 2. The first-order chi connectivity index (χ1) is 10.5. The Kier molecular flexibility index (Phi) is 5.27. The van der Waals surface area contributed by atoms with Crippen LogP contribution in [0.2, 0.25) is 0 Å². The summed E-state index contributed by atoms with van der Waals surface area (Å²) in [6.07, 6.45) is 2.51. The third-order valence-corrected chi connectivity index (χ3v) is 3.27. The summed E-state index contributed by atoms with van der Waals surface area (Å²) in [4.78, 5) is 28.6. The third-order valence-electron chi connectivity index (χ3n) is 3.27. The van der Waals surface area contributed by atoms with Gasteiger partial charge in [0.15, 0.2) is 0 Å². The lowest BCUT2D eigenvalue weighted by Crippen LogP contribution is -2.33. The highest BCUT2D eigenvalue weighted by Crippen LogP contribution is 2.09. The first kappa shape index (κ1) is 16.2. The van der Waals surface area contributed by atoms with Gasteiger partial charge < -0.3 is 10.1 Å². The molecule has 0 saturated heterocycles. The topological polar surface area (TPSA) is 73.2 Å². The number of nitrogens with zero attached hydrogens (tertiary/aromatic N) is 2. The molecule has 2 heterocycles. The number of nitrogens with one attached hydrogen (secondary N) is 1. The molecule has 0 aliphatic rings. The van der Waals surface area contributed by atoms with Gasteiger partial charge in [0, 0.05) is 31.8 Å². The molecule has 0 atom stereocenters. The Balaban J connectivity index is 2.08. The molecule has 2 aromatic rings. The fraction of sp³-hybridized carbons (Fsp3) is 0.438. The van der Waals surface area contributed by atoms with Crippen LogP contribution in [-0.4, -0.2) is 34.7 Å². The Morgan fingerprint density at radius 1 is 1.45 bits per heavy atom. The Hall–Kier alpha value is -2.21. The third kappa shape index (κ3) is 3.71. The molecule has 2 aromatic heterocycles. The summed E-state index contributed by atoms with van der Waals surface area (Å²) in [6.45, 7) is 4.98. The minimum atomic E-state index is -0.365. The van der Waals surface area contributed by atoms with Gasteiger partial charge in [0.05, 0.1) is 6.10 Å². The quantitative estimate of drug-likeness (QED) is 0.820. The molecular weight excluding hydrogens is 282 g/mol. The Morgan fingerprint density at radius 3 is 2.95 bits per heavy atom. The van der Waals surface area contributed by atoms with Gasteiger partial charge in [-0.2, -0.15) is 0 Å². The Bertz CT molecular complexity index is 722. The van der Waals surface area contributed by atoms with E-state index >= 15 is 0 Å². The summed E-state index contributed by atoms with van der Waals surface area (Å²) in [7, 11) is 1.62. The number of ether oxygens (including phenoxy) is 1. The number of hydrogen-bond donors (Lipinski definition) is 1. The highest BCUT2D eigenvalue weighted by Gasteiger charge is 2.14. The number of aryl methyl sites for hydroxylation is 1. The second-order valence-electron chi connectivity index (χ2n) is 5.37. The maximum Gasteiger partial charge on any atom is 0.264 e. The van der Waals surface area contributed by atoms with Crippen LogP contribution in [0.25, 0.3) is 11.0 Å². The fourth-order valence-corrected chi connectivity index (χ4v) is 2.15. The van der Waals surface area contributed by atoms with Crippen LogP contribution < -0.4 is 10.9 Å². The van der Waals surface area contributed by atoms with Gasteiger partial charge in [-0.15, -0.1) is 0 Å². The number of rotatable bonds is 6. The van der Waals surface area contributed by atoms with Crippen LogP contribution in [0.1, 0.15) is 30.6 Å². The smallest absolute Gasteiger partial charge is 0.264 e. The predicted octanol–water partition coefficient (Wildman–Crippen LogP) is 1.48. The predicted molar refractivity (Wildman–Crippen MR) is 85.0 cm³/mol. The minimum absolute atomic E-state index is 0.132. The number of aromatic nitrogens is 2. The monoisotopic (exact) mass is 303 g/mol. The lowest BCUT2D eigenvalue weighted by atomic mass is 10.2. The summed E-state index contributed by atoms with van der Waals surface area (Å²) in [5, 5.41) is 3.51. The van der Waals surface area contributed by atoms with E-state index in [9.17, 15) is 9.59 Å². The molecule has 22 heavy (non-hydrogen) atoms. The lowest BCUT2D eigenvalue weighted by Gasteiger charge is -2.09. The maximum atomic E-state index is 12.2. The number of hydrogen-bond acceptors (Lipinski definition) is 4. The summed E-state index contributed by atoms with van der Waals surface area (Å²) >= 11 is 0. The van der Waals surface area contributed by atoms with Crippen LogP contribution in [0, 0.1) is 0 Å². The zero-order valence-electron chi connectivity index (χ0n) is 13.1. The van der Waals surface area contributed by atoms with Crippen molar-refractivity contribution in [1.29, 1.82) is 0 Å². The van der Waals surface area contributed by atoms with Crippen molar-refractivity contribution in [2.75, 3.05) is 13.2 Å². The highest BCUT2D eigenvalue weighted by molar-refractivity contribution is 5.96. The molecule has 0 fully saturated rings. The lowest BCUT2D eigenvalue weighted by molar-refractivity contribution is 0.0757. The van der Waals surface area contributed by atoms with Crippen molar-refractivity contribution in [2.45, 2.75) is 26.4 Å². The maximum absolute atomic E-state index is 12.2. The molecule has 118 valence electrons. The molecular formula is C16H21N3O3. The van der Waals surface area contributed by atoms with Crippen molar-refractivity contribution in [1.82, 2.24) is 14.9 Å². The molecule has 1 N–H and O–H groups in total. The van der Waals surface area contributed by atoms with Gasteiger partial charge >= 0.3 is 0 Å². The molecule has 0 aliphatic carbocycles. The van der Waals surface area contributed by atoms with Gasteiger partial charge in [-0.25, -0.2) is 4.98 Å². The SMILES string of the molecule is CC(C)OCCCNC(=O)c1cc2cccnc2n(C)c1=O. The first-order valence-corrected chi connectivity index (χ1v) is 7.35. The van der Waals surface area contributed by atoms with E-state index in [1.807, 2.05) is 19.9 Å². The van der Waals surface area contributed by atoms with Crippen molar-refractivity contribution in [3.05, 3.63) is 40.3 Å². The normalized spacial score (nSPS) is 11.1. The summed E-state index contributed by atoms with van der Waals surface area (Å²) in [5.41, 5.74) is 0.351. The molecule has 0 aliphatic heterocycles. The number of amides is 1. The average molecular weight is 303 g/mol. The number of carbonyl (C=O) groups excluding carboxylic acids is 1. The van der Waals surface area contributed by atoms with Crippen molar-refractivity contribution >= 4 is 16.9 Å². The molecule has 0 spiro atoms. The van der Waals surface area contributed by atoms with Crippen LogP contribution in [0.15, 0.2) is 29.2 Å². The van der Waals surface area contributed by atoms with Crippen LogP contribution in [-0.2, 0) is 11.8 Å². The van der Waals surface area contributed by atoms with Crippen molar-refractivity contribution < 1.29 is 9.53 Å². The van der Waals surface area contributed by atoms with E-state index in [2.05, 4.69) is 10.3 Å². The molecule has 6 heteroatoms. The van der Waals surface area contributed by atoms with Gasteiger partial charge in [-0.05, 0) is 38.5 Å². The molecule has 0 aromatic carbocycles. The number of carbonyl (C=O) groups is 1.